The van der Waals surface area contributed by atoms with Gasteiger partial charge >= 0.3 is 0 Å². The maximum Gasteiger partial charge on any atom is 0.171 e. The van der Waals surface area contributed by atoms with Crippen LogP contribution in [0.15, 0.2) is 46.5 Å². The lowest BCUT2D eigenvalue weighted by molar-refractivity contribution is 0.0995. The lowest BCUT2D eigenvalue weighted by Crippen LogP contribution is -2.01. The quantitative estimate of drug-likeness (QED) is 0.691. The van der Waals surface area contributed by atoms with Crippen molar-refractivity contribution in [2.24, 2.45) is 0 Å². The van der Waals surface area contributed by atoms with Crippen molar-refractivity contribution in [1.29, 1.82) is 0 Å². The Morgan fingerprint density at radius 1 is 1.44 bits per heavy atom. The lowest BCUT2D eigenvalue weighted by atomic mass is 10.1. The maximum atomic E-state index is 12.2. The summed E-state index contributed by atoms with van der Waals surface area (Å²) in [6.07, 6.45) is 3.90. The Hall–Kier alpha value is -1.46. The molecule has 0 aliphatic carbocycles. The minimum Gasteiger partial charge on any atom is -0.294 e. The zero-order valence-electron chi connectivity index (χ0n) is 9.34. The zero-order chi connectivity index (χ0) is 12.5. The Balaban J connectivity index is 1.92. The fourth-order valence-corrected chi connectivity index (χ4v) is 3.30. The van der Waals surface area contributed by atoms with E-state index in [1.165, 1.54) is 0 Å². The highest BCUT2D eigenvalue weighted by Gasteiger charge is 2.13. The summed E-state index contributed by atoms with van der Waals surface area (Å²) < 4.78 is 2.74. The highest BCUT2D eigenvalue weighted by atomic mass is 79.9. The molecule has 0 bridgehead atoms. The van der Waals surface area contributed by atoms with Crippen LogP contribution in [0.5, 0.6) is 0 Å². The van der Waals surface area contributed by atoms with Crippen molar-refractivity contribution in [3.63, 3.8) is 0 Å². The fourth-order valence-electron chi connectivity index (χ4n) is 1.85. The maximum absolute atomic E-state index is 12.2. The molecule has 0 N–H and O–H groups in total. The van der Waals surface area contributed by atoms with Gasteiger partial charge in [-0.1, -0.05) is 6.07 Å². The summed E-state index contributed by atoms with van der Waals surface area (Å²) >= 11 is 4.98. The summed E-state index contributed by atoms with van der Waals surface area (Å²) in [5.41, 5.74) is 1.54. The van der Waals surface area contributed by atoms with Crippen molar-refractivity contribution in [2.75, 3.05) is 0 Å². The van der Waals surface area contributed by atoms with E-state index in [4.69, 9.17) is 0 Å². The second-order valence-corrected chi connectivity index (χ2v) is 5.83. The number of Topliss-reactive ketones (excluding diaryl/α,β-unsaturated/α-hetero) is 1. The van der Waals surface area contributed by atoms with E-state index in [-0.39, 0.29) is 5.78 Å². The summed E-state index contributed by atoms with van der Waals surface area (Å²) in [5.74, 6) is 0.102. The highest BCUT2D eigenvalue weighted by molar-refractivity contribution is 9.10. The van der Waals surface area contributed by atoms with Crippen LogP contribution in [0, 0.1) is 0 Å². The number of ketones is 1. The normalized spacial score (nSPS) is 10.9. The van der Waals surface area contributed by atoms with Crippen LogP contribution >= 0.6 is 27.3 Å². The summed E-state index contributed by atoms with van der Waals surface area (Å²) in [7, 11) is 0. The number of hydrogen-bond donors (Lipinski definition) is 0. The van der Waals surface area contributed by atoms with Gasteiger partial charge in [-0.3, -0.25) is 4.79 Å². The van der Waals surface area contributed by atoms with Crippen molar-refractivity contribution in [1.82, 2.24) is 9.61 Å². The van der Waals surface area contributed by atoms with Crippen LogP contribution in [0.2, 0.25) is 0 Å². The van der Waals surface area contributed by atoms with Gasteiger partial charge in [-0.25, -0.2) is 4.52 Å². The van der Waals surface area contributed by atoms with Gasteiger partial charge in [0, 0.05) is 27.3 Å². The molecule has 0 aromatic carbocycles. The number of carbonyl (C=O) groups excluding carboxylic acids is 1. The van der Waals surface area contributed by atoms with Crippen LogP contribution in [-0.4, -0.2) is 15.4 Å². The second-order valence-electron chi connectivity index (χ2n) is 3.92. The molecule has 3 rings (SSSR count). The van der Waals surface area contributed by atoms with Gasteiger partial charge in [-0.15, -0.1) is 11.3 Å². The summed E-state index contributed by atoms with van der Waals surface area (Å²) in [5, 5.41) is 6.16. The smallest absolute Gasteiger partial charge is 0.171 e. The SMILES string of the molecule is O=C(Cc1cc(Br)cs1)c1cnn2ccccc12. The van der Waals surface area contributed by atoms with Crippen LogP contribution in [0.1, 0.15) is 15.2 Å². The molecule has 3 heterocycles. The molecule has 3 nitrogen and oxygen atoms in total. The van der Waals surface area contributed by atoms with Crippen LogP contribution in [-0.2, 0) is 6.42 Å². The van der Waals surface area contributed by atoms with E-state index < -0.39 is 0 Å². The minimum absolute atomic E-state index is 0.102. The molecule has 0 fully saturated rings. The van der Waals surface area contributed by atoms with Gasteiger partial charge in [0.05, 0.1) is 17.3 Å². The molecule has 3 aromatic rings. The molecule has 0 saturated carbocycles. The average molecular weight is 321 g/mol. The summed E-state index contributed by atoms with van der Waals surface area (Å²) in [4.78, 5) is 13.3. The van der Waals surface area contributed by atoms with Crippen LogP contribution in [0.3, 0.4) is 0 Å². The van der Waals surface area contributed by atoms with Gasteiger partial charge in [0.1, 0.15) is 0 Å². The monoisotopic (exact) mass is 320 g/mol. The Morgan fingerprint density at radius 3 is 3.11 bits per heavy atom. The number of pyridine rings is 1. The Morgan fingerprint density at radius 2 is 2.33 bits per heavy atom. The van der Waals surface area contributed by atoms with Gasteiger partial charge in [0.2, 0.25) is 0 Å². The first-order chi connectivity index (χ1) is 8.74. The van der Waals surface area contributed by atoms with Crippen LogP contribution in [0.25, 0.3) is 5.52 Å². The average Bonchev–Trinajstić information content (AvgIpc) is 2.95. The highest BCUT2D eigenvalue weighted by Crippen LogP contribution is 2.22. The first-order valence-electron chi connectivity index (χ1n) is 5.42. The molecule has 5 heteroatoms. The third kappa shape index (κ3) is 2.11. The van der Waals surface area contributed by atoms with E-state index in [2.05, 4.69) is 21.0 Å². The van der Waals surface area contributed by atoms with Gasteiger partial charge in [0.15, 0.2) is 5.78 Å². The van der Waals surface area contributed by atoms with Crippen molar-refractivity contribution in [3.05, 3.63) is 57.0 Å². The third-order valence-corrected chi connectivity index (χ3v) is 4.38. The molecular weight excluding hydrogens is 312 g/mol. The van der Waals surface area contributed by atoms with E-state index in [1.54, 1.807) is 22.0 Å². The topological polar surface area (TPSA) is 34.4 Å². The lowest BCUT2D eigenvalue weighted by Gasteiger charge is -1.97. The van der Waals surface area contributed by atoms with E-state index in [0.717, 1.165) is 14.9 Å². The molecule has 90 valence electrons. The predicted octanol–water partition coefficient (Wildman–Crippen LogP) is 3.58. The predicted molar refractivity (Wildman–Crippen MR) is 75.2 cm³/mol. The molecule has 0 aliphatic rings. The van der Waals surface area contributed by atoms with E-state index in [9.17, 15) is 4.79 Å². The minimum atomic E-state index is 0.102. The van der Waals surface area contributed by atoms with E-state index in [1.807, 2.05) is 35.8 Å². The first-order valence-corrected chi connectivity index (χ1v) is 7.10. The second kappa shape index (κ2) is 4.66. The molecule has 3 aromatic heterocycles. The van der Waals surface area contributed by atoms with Crippen LogP contribution in [0.4, 0.5) is 0 Å². The number of halogens is 1. The number of carbonyl (C=O) groups is 1. The Kier molecular flexibility index (Phi) is 3.01. The van der Waals surface area contributed by atoms with Gasteiger partial charge < -0.3 is 0 Å². The summed E-state index contributed by atoms with van der Waals surface area (Å²) in [6, 6.07) is 7.69. The van der Waals surface area contributed by atoms with E-state index in [0.29, 0.717) is 12.0 Å². The van der Waals surface area contributed by atoms with Crippen LogP contribution < -0.4 is 0 Å². The fraction of sp³-hybridized carbons (Fsp3) is 0.0769. The molecule has 0 spiro atoms. The number of aromatic nitrogens is 2. The van der Waals surface area contributed by atoms with E-state index >= 15 is 0 Å². The Bertz CT molecular complexity index is 716. The molecule has 18 heavy (non-hydrogen) atoms. The molecule has 0 amide bonds. The number of rotatable bonds is 3. The molecule has 0 aliphatic heterocycles. The molecule has 0 radical (unpaired) electrons. The number of hydrogen-bond acceptors (Lipinski definition) is 3. The standard InChI is InChI=1S/C13H9BrN2OS/c14-9-5-10(18-8-9)6-13(17)11-7-15-16-4-2-1-3-12(11)16/h1-5,7-8H,6H2. The number of thiophene rings is 1. The number of fused-ring (bicyclic) bond motifs is 1. The van der Waals surface area contributed by atoms with Crippen molar-refractivity contribution < 1.29 is 4.79 Å². The molecule has 0 atom stereocenters. The summed E-state index contributed by atoms with van der Waals surface area (Å²) in [6.45, 7) is 0. The van der Waals surface area contributed by atoms with Crippen molar-refractivity contribution >= 4 is 38.6 Å². The molecule has 0 unspecified atom stereocenters. The van der Waals surface area contributed by atoms with Gasteiger partial charge in [-0.05, 0) is 34.1 Å². The van der Waals surface area contributed by atoms with Gasteiger partial charge in [0.25, 0.3) is 0 Å². The molecule has 0 saturated heterocycles. The Labute approximate surface area is 116 Å². The van der Waals surface area contributed by atoms with Crippen molar-refractivity contribution in [3.8, 4) is 0 Å². The number of nitrogens with zero attached hydrogens (tertiary/aromatic N) is 2. The zero-order valence-corrected chi connectivity index (χ0v) is 11.7. The third-order valence-electron chi connectivity index (χ3n) is 2.68. The molecular formula is C13H9BrN2OS. The van der Waals surface area contributed by atoms with Crippen molar-refractivity contribution in [2.45, 2.75) is 6.42 Å². The first kappa shape index (κ1) is 11.6. The van der Waals surface area contributed by atoms with Gasteiger partial charge in [-0.2, -0.15) is 5.10 Å². The largest absolute Gasteiger partial charge is 0.294 e.